The first kappa shape index (κ1) is 20.1. The molecule has 2 aliphatic rings. The Hall–Kier alpha value is -3.15. The van der Waals surface area contributed by atoms with E-state index in [1.54, 1.807) is 24.3 Å². The number of nitrogens with one attached hydrogen (secondary N) is 2. The monoisotopic (exact) mass is 405 g/mol. The van der Waals surface area contributed by atoms with E-state index in [0.29, 0.717) is 12.1 Å². The summed E-state index contributed by atoms with van der Waals surface area (Å²) in [4.78, 5) is 38.9. The molecule has 1 aliphatic carbocycles. The van der Waals surface area contributed by atoms with Crippen molar-refractivity contribution in [3.63, 3.8) is 0 Å². The molecule has 6 nitrogen and oxygen atoms in total. The fourth-order valence-corrected chi connectivity index (χ4v) is 4.30. The number of hydrogen-bond donors (Lipinski definition) is 2. The van der Waals surface area contributed by atoms with Crippen molar-refractivity contribution >= 4 is 17.8 Å². The maximum Gasteiger partial charge on any atom is 0.324 e. The van der Waals surface area contributed by atoms with Crippen LogP contribution in [0.25, 0.3) is 0 Å². The van der Waals surface area contributed by atoms with Gasteiger partial charge in [0, 0.05) is 18.2 Å². The van der Waals surface area contributed by atoms with E-state index in [2.05, 4.69) is 10.6 Å². The molecule has 2 aromatic carbocycles. The number of carbonyl (C=O) groups excluding carboxylic acids is 3. The van der Waals surface area contributed by atoms with E-state index in [0.717, 1.165) is 37.7 Å². The minimum atomic E-state index is -0.314. The molecule has 1 saturated heterocycles. The first-order chi connectivity index (χ1) is 14.6. The van der Waals surface area contributed by atoms with Crippen molar-refractivity contribution in [2.24, 2.45) is 5.92 Å². The Morgan fingerprint density at radius 2 is 1.70 bits per heavy atom. The molecule has 156 valence electrons. The molecule has 0 bridgehead atoms. The Labute approximate surface area is 176 Å². The summed E-state index contributed by atoms with van der Waals surface area (Å²) in [6, 6.07) is 16.8. The van der Waals surface area contributed by atoms with Crippen molar-refractivity contribution in [2.45, 2.75) is 44.7 Å². The predicted octanol–water partition coefficient (Wildman–Crippen LogP) is 3.27. The molecule has 2 unspecified atom stereocenters. The molecule has 1 heterocycles. The molecule has 0 aromatic heterocycles. The lowest BCUT2D eigenvalue weighted by atomic mass is 9.82. The fourth-order valence-electron chi connectivity index (χ4n) is 4.30. The van der Waals surface area contributed by atoms with E-state index in [-0.39, 0.29) is 36.3 Å². The van der Waals surface area contributed by atoms with Gasteiger partial charge < -0.3 is 10.6 Å². The molecule has 2 fully saturated rings. The van der Waals surface area contributed by atoms with Gasteiger partial charge in [-0.25, -0.2) is 4.79 Å². The van der Waals surface area contributed by atoms with Crippen LogP contribution in [0.2, 0.25) is 0 Å². The molecule has 2 atom stereocenters. The van der Waals surface area contributed by atoms with E-state index in [9.17, 15) is 14.4 Å². The second kappa shape index (κ2) is 9.11. The number of fused-ring (bicyclic) bond motifs is 1. The van der Waals surface area contributed by atoms with Gasteiger partial charge in [-0.2, -0.15) is 0 Å². The van der Waals surface area contributed by atoms with E-state index >= 15 is 0 Å². The van der Waals surface area contributed by atoms with E-state index in [1.165, 1.54) is 10.5 Å². The Bertz CT molecular complexity index is 911. The second-order valence-corrected chi connectivity index (χ2v) is 8.06. The summed E-state index contributed by atoms with van der Waals surface area (Å²) >= 11 is 0. The summed E-state index contributed by atoms with van der Waals surface area (Å²) < 4.78 is 0. The standard InChI is InChI=1S/C24H27N3O3/c28-22(25-15-14-17-6-2-1-3-7-17)19-12-10-18(11-13-19)16-27-23(29)20-8-4-5-9-21(20)26-24(27)30/h1-3,6-7,10-13,20-21H,4-5,8-9,14-16H2,(H,25,28)(H,26,30). The smallest absolute Gasteiger partial charge is 0.324 e. The molecule has 2 aromatic rings. The van der Waals surface area contributed by atoms with Gasteiger partial charge in [-0.05, 0) is 42.5 Å². The highest BCUT2D eigenvalue weighted by Gasteiger charge is 2.41. The number of imide groups is 1. The third kappa shape index (κ3) is 4.53. The minimum absolute atomic E-state index is 0.0167. The van der Waals surface area contributed by atoms with Crippen molar-refractivity contribution in [3.05, 3.63) is 71.3 Å². The molecule has 2 N–H and O–H groups in total. The van der Waals surface area contributed by atoms with Crippen molar-refractivity contribution in [2.75, 3.05) is 6.54 Å². The highest BCUT2D eigenvalue weighted by Crippen LogP contribution is 2.29. The van der Waals surface area contributed by atoms with Gasteiger partial charge in [0.1, 0.15) is 0 Å². The lowest BCUT2D eigenvalue weighted by Crippen LogP contribution is -2.60. The van der Waals surface area contributed by atoms with Crippen LogP contribution in [0.4, 0.5) is 4.79 Å². The summed E-state index contributed by atoms with van der Waals surface area (Å²) in [6.45, 7) is 0.791. The van der Waals surface area contributed by atoms with Crippen molar-refractivity contribution in [1.82, 2.24) is 15.5 Å². The summed E-state index contributed by atoms with van der Waals surface area (Å²) in [5, 5.41) is 5.91. The van der Waals surface area contributed by atoms with Crippen LogP contribution in [-0.2, 0) is 17.8 Å². The largest absolute Gasteiger partial charge is 0.352 e. The van der Waals surface area contributed by atoms with Crippen LogP contribution in [0.15, 0.2) is 54.6 Å². The van der Waals surface area contributed by atoms with E-state index < -0.39 is 0 Å². The van der Waals surface area contributed by atoms with Gasteiger partial charge >= 0.3 is 6.03 Å². The Morgan fingerprint density at radius 1 is 0.967 bits per heavy atom. The molecule has 6 heteroatoms. The zero-order valence-corrected chi connectivity index (χ0v) is 17.0. The third-order valence-electron chi connectivity index (χ3n) is 6.00. The van der Waals surface area contributed by atoms with Crippen LogP contribution in [-0.4, -0.2) is 35.3 Å². The number of nitrogens with zero attached hydrogens (tertiary/aromatic N) is 1. The third-order valence-corrected chi connectivity index (χ3v) is 6.00. The van der Waals surface area contributed by atoms with Gasteiger partial charge in [-0.3, -0.25) is 14.5 Å². The van der Waals surface area contributed by atoms with Gasteiger partial charge in [0.25, 0.3) is 5.91 Å². The van der Waals surface area contributed by atoms with Crippen LogP contribution >= 0.6 is 0 Å². The normalized spacial score (nSPS) is 21.0. The molecule has 1 saturated carbocycles. The van der Waals surface area contributed by atoms with E-state index in [1.807, 2.05) is 30.3 Å². The highest BCUT2D eigenvalue weighted by molar-refractivity contribution is 5.98. The average Bonchev–Trinajstić information content (AvgIpc) is 2.78. The average molecular weight is 405 g/mol. The maximum atomic E-state index is 12.8. The van der Waals surface area contributed by atoms with Gasteiger partial charge in [-0.15, -0.1) is 0 Å². The van der Waals surface area contributed by atoms with Crippen molar-refractivity contribution in [3.8, 4) is 0 Å². The molecular weight excluding hydrogens is 378 g/mol. The Kier molecular flexibility index (Phi) is 6.12. The van der Waals surface area contributed by atoms with Crippen LogP contribution < -0.4 is 10.6 Å². The quantitative estimate of drug-likeness (QED) is 0.774. The molecule has 4 amide bonds. The maximum absolute atomic E-state index is 12.8. The summed E-state index contributed by atoms with van der Waals surface area (Å²) in [5.41, 5.74) is 2.57. The number of carbonyl (C=O) groups is 3. The lowest BCUT2D eigenvalue weighted by molar-refractivity contribution is -0.137. The summed E-state index contributed by atoms with van der Waals surface area (Å²) in [5.74, 6) is -0.313. The number of urea groups is 1. The van der Waals surface area contributed by atoms with Gasteiger partial charge in [0.05, 0.1) is 12.5 Å². The predicted molar refractivity (Wildman–Crippen MR) is 114 cm³/mol. The number of benzene rings is 2. The summed E-state index contributed by atoms with van der Waals surface area (Å²) in [6.07, 6.45) is 4.58. The SMILES string of the molecule is O=C(NCCc1ccccc1)c1ccc(CN2C(=O)NC3CCCCC3C2=O)cc1. The summed E-state index contributed by atoms with van der Waals surface area (Å²) in [7, 11) is 0. The van der Waals surface area contributed by atoms with Crippen LogP contribution in [0.5, 0.6) is 0 Å². The second-order valence-electron chi connectivity index (χ2n) is 8.06. The molecular formula is C24H27N3O3. The van der Waals surface area contributed by atoms with Crippen LogP contribution in [0, 0.1) is 5.92 Å². The fraction of sp³-hybridized carbons (Fsp3) is 0.375. The zero-order valence-electron chi connectivity index (χ0n) is 17.0. The zero-order chi connectivity index (χ0) is 20.9. The first-order valence-corrected chi connectivity index (χ1v) is 10.6. The molecule has 4 rings (SSSR count). The number of amides is 4. The van der Waals surface area contributed by atoms with Crippen LogP contribution in [0.1, 0.15) is 47.2 Å². The minimum Gasteiger partial charge on any atom is -0.352 e. The molecule has 0 radical (unpaired) electrons. The highest BCUT2D eigenvalue weighted by atomic mass is 16.2. The van der Waals surface area contributed by atoms with Gasteiger partial charge in [0.2, 0.25) is 5.91 Å². The Morgan fingerprint density at radius 3 is 2.47 bits per heavy atom. The number of rotatable bonds is 6. The van der Waals surface area contributed by atoms with E-state index in [4.69, 9.17) is 0 Å². The Balaban J connectivity index is 1.32. The van der Waals surface area contributed by atoms with Crippen LogP contribution in [0.3, 0.4) is 0 Å². The molecule has 30 heavy (non-hydrogen) atoms. The topological polar surface area (TPSA) is 78.5 Å². The first-order valence-electron chi connectivity index (χ1n) is 10.6. The van der Waals surface area contributed by atoms with Gasteiger partial charge in [-0.1, -0.05) is 55.3 Å². The number of hydrogen-bond acceptors (Lipinski definition) is 3. The van der Waals surface area contributed by atoms with Gasteiger partial charge in [0.15, 0.2) is 0 Å². The van der Waals surface area contributed by atoms with Crippen molar-refractivity contribution in [1.29, 1.82) is 0 Å². The lowest BCUT2D eigenvalue weighted by Gasteiger charge is -2.40. The molecule has 1 aliphatic heterocycles. The van der Waals surface area contributed by atoms with Crippen molar-refractivity contribution < 1.29 is 14.4 Å². The molecule has 0 spiro atoms.